The van der Waals surface area contributed by atoms with Gasteiger partial charge < -0.3 is 10.1 Å². The summed E-state index contributed by atoms with van der Waals surface area (Å²) in [6.07, 6.45) is 1.71. The maximum atomic E-state index is 6.16. The molecule has 0 aliphatic heterocycles. The van der Waals surface area contributed by atoms with Gasteiger partial charge >= 0.3 is 0 Å². The van der Waals surface area contributed by atoms with Crippen LogP contribution in [0.2, 0.25) is 5.02 Å². The zero-order valence-corrected chi connectivity index (χ0v) is 13.7. The number of ether oxygens (including phenoxy) is 1. The summed E-state index contributed by atoms with van der Waals surface area (Å²) in [4.78, 5) is 4.28. The second kappa shape index (κ2) is 7.07. The van der Waals surface area contributed by atoms with Gasteiger partial charge in [-0.05, 0) is 24.3 Å². The monoisotopic (exact) mass is 354 g/mol. The Kier molecular flexibility index (Phi) is 5.40. The number of halogens is 2. The van der Waals surface area contributed by atoms with Crippen molar-refractivity contribution < 1.29 is 4.74 Å². The van der Waals surface area contributed by atoms with Crippen LogP contribution in [0.3, 0.4) is 0 Å². The van der Waals surface area contributed by atoms with Crippen molar-refractivity contribution >= 4 is 27.5 Å². The van der Waals surface area contributed by atoms with Gasteiger partial charge in [0.15, 0.2) is 0 Å². The van der Waals surface area contributed by atoms with Crippen molar-refractivity contribution in [2.75, 3.05) is 0 Å². The van der Waals surface area contributed by atoms with Crippen molar-refractivity contribution in [2.24, 2.45) is 0 Å². The number of hydrogen-bond donors (Lipinski definition) is 1. The molecule has 0 aliphatic carbocycles. The Bertz CT molecular complexity index is 590. The number of nitrogens with zero attached hydrogens (tertiary/aromatic N) is 1. The summed E-state index contributed by atoms with van der Waals surface area (Å²) in [7, 11) is 0. The first-order chi connectivity index (χ1) is 9.56. The van der Waals surface area contributed by atoms with E-state index in [1.807, 2.05) is 24.3 Å². The Labute approximate surface area is 132 Å². The molecule has 0 saturated carbocycles. The van der Waals surface area contributed by atoms with Crippen molar-refractivity contribution in [3.63, 3.8) is 0 Å². The van der Waals surface area contributed by atoms with E-state index in [2.05, 4.69) is 40.1 Å². The Morgan fingerprint density at radius 2 is 2.15 bits per heavy atom. The average molecular weight is 356 g/mol. The molecule has 1 heterocycles. The minimum atomic E-state index is 0.402. The van der Waals surface area contributed by atoms with Crippen molar-refractivity contribution in [1.82, 2.24) is 10.3 Å². The summed E-state index contributed by atoms with van der Waals surface area (Å²) in [5, 5.41) is 3.90. The van der Waals surface area contributed by atoms with Crippen molar-refractivity contribution in [3.8, 4) is 11.6 Å². The van der Waals surface area contributed by atoms with E-state index in [0.29, 0.717) is 29.2 Å². The lowest BCUT2D eigenvalue weighted by molar-refractivity contribution is 0.450. The highest BCUT2D eigenvalue weighted by molar-refractivity contribution is 9.10. The van der Waals surface area contributed by atoms with Crippen LogP contribution >= 0.6 is 27.5 Å². The largest absolute Gasteiger partial charge is 0.437 e. The van der Waals surface area contributed by atoms with Gasteiger partial charge in [0.25, 0.3) is 0 Å². The Balaban J connectivity index is 2.20. The normalized spacial score (nSPS) is 10.8. The summed E-state index contributed by atoms with van der Waals surface area (Å²) in [6, 6.07) is 9.79. The number of nitrogens with one attached hydrogen (secondary N) is 1. The maximum absolute atomic E-state index is 6.16. The van der Waals surface area contributed by atoms with E-state index >= 15 is 0 Å². The van der Waals surface area contributed by atoms with Gasteiger partial charge in [-0.15, -0.1) is 0 Å². The first kappa shape index (κ1) is 15.3. The lowest BCUT2D eigenvalue weighted by Gasteiger charge is -2.13. The molecule has 2 aromatic rings. The number of hydrogen-bond acceptors (Lipinski definition) is 3. The van der Waals surface area contributed by atoms with Crippen molar-refractivity contribution in [3.05, 3.63) is 51.6 Å². The smallest absolute Gasteiger partial charge is 0.223 e. The van der Waals surface area contributed by atoms with Crippen molar-refractivity contribution in [2.45, 2.75) is 26.4 Å². The Morgan fingerprint density at radius 1 is 1.35 bits per heavy atom. The van der Waals surface area contributed by atoms with Gasteiger partial charge in [-0.3, -0.25) is 0 Å². The quantitative estimate of drug-likeness (QED) is 0.837. The van der Waals surface area contributed by atoms with Crippen LogP contribution in [0, 0.1) is 0 Å². The highest BCUT2D eigenvalue weighted by Gasteiger charge is 2.09. The van der Waals surface area contributed by atoms with Crippen LogP contribution in [-0.4, -0.2) is 11.0 Å². The van der Waals surface area contributed by atoms with E-state index in [4.69, 9.17) is 16.3 Å². The molecule has 0 radical (unpaired) electrons. The number of rotatable bonds is 5. The van der Waals surface area contributed by atoms with Crippen LogP contribution in [0.25, 0.3) is 0 Å². The third-order valence-electron chi connectivity index (χ3n) is 2.65. The fourth-order valence-corrected chi connectivity index (χ4v) is 2.34. The van der Waals surface area contributed by atoms with Crippen LogP contribution < -0.4 is 10.1 Å². The lowest BCUT2D eigenvalue weighted by Crippen LogP contribution is -2.22. The van der Waals surface area contributed by atoms with Gasteiger partial charge in [-0.1, -0.05) is 47.4 Å². The first-order valence-corrected chi connectivity index (χ1v) is 7.53. The molecule has 0 unspecified atom stereocenters. The van der Waals surface area contributed by atoms with E-state index in [1.54, 1.807) is 12.3 Å². The molecule has 1 aromatic carbocycles. The molecule has 106 valence electrons. The molecule has 0 bridgehead atoms. The molecule has 0 aliphatic rings. The second-order valence-corrected chi connectivity index (χ2v) is 6.00. The summed E-state index contributed by atoms with van der Waals surface area (Å²) in [5.41, 5.74) is 1.00. The summed E-state index contributed by atoms with van der Waals surface area (Å²) in [5.74, 6) is 1.17. The van der Waals surface area contributed by atoms with E-state index in [9.17, 15) is 0 Å². The minimum absolute atomic E-state index is 0.402. The number of pyridine rings is 1. The Hall–Kier alpha value is -1.10. The van der Waals surface area contributed by atoms with E-state index < -0.39 is 0 Å². The molecule has 1 aromatic heterocycles. The van der Waals surface area contributed by atoms with Crippen LogP contribution in [-0.2, 0) is 6.54 Å². The van der Waals surface area contributed by atoms with E-state index in [-0.39, 0.29) is 0 Å². The van der Waals surface area contributed by atoms with E-state index in [1.165, 1.54) is 0 Å². The maximum Gasteiger partial charge on any atom is 0.223 e. The minimum Gasteiger partial charge on any atom is -0.437 e. The second-order valence-electron chi connectivity index (χ2n) is 4.68. The fraction of sp³-hybridized carbons (Fsp3) is 0.267. The van der Waals surface area contributed by atoms with Gasteiger partial charge in [0, 0.05) is 28.8 Å². The van der Waals surface area contributed by atoms with Gasteiger partial charge in [-0.2, -0.15) is 0 Å². The zero-order chi connectivity index (χ0) is 14.5. The highest BCUT2D eigenvalue weighted by atomic mass is 79.9. The molecule has 0 amide bonds. The summed E-state index contributed by atoms with van der Waals surface area (Å²) in [6.45, 7) is 4.90. The molecule has 0 spiro atoms. The Morgan fingerprint density at radius 3 is 2.85 bits per heavy atom. The average Bonchev–Trinajstić information content (AvgIpc) is 2.41. The predicted molar refractivity (Wildman–Crippen MR) is 85.4 cm³/mol. The van der Waals surface area contributed by atoms with Crippen LogP contribution in [0.1, 0.15) is 19.4 Å². The molecular formula is C15H16BrClN2O. The van der Waals surface area contributed by atoms with Gasteiger partial charge in [0.1, 0.15) is 5.75 Å². The van der Waals surface area contributed by atoms with Gasteiger partial charge in [-0.25, -0.2) is 4.98 Å². The molecule has 20 heavy (non-hydrogen) atoms. The van der Waals surface area contributed by atoms with E-state index in [0.717, 1.165) is 10.0 Å². The molecule has 2 rings (SSSR count). The SMILES string of the molecule is CC(C)NCc1cccnc1Oc1ccc(Br)cc1Cl. The first-order valence-electron chi connectivity index (χ1n) is 6.36. The molecule has 0 atom stereocenters. The highest BCUT2D eigenvalue weighted by Crippen LogP contribution is 2.32. The topological polar surface area (TPSA) is 34.2 Å². The summed E-state index contributed by atoms with van der Waals surface area (Å²) >= 11 is 9.53. The van der Waals surface area contributed by atoms with Gasteiger partial charge in [0.2, 0.25) is 5.88 Å². The third-order valence-corrected chi connectivity index (χ3v) is 3.44. The molecule has 0 fully saturated rings. The van der Waals surface area contributed by atoms with Crippen LogP contribution in [0.15, 0.2) is 41.0 Å². The summed E-state index contributed by atoms with van der Waals surface area (Å²) < 4.78 is 6.74. The van der Waals surface area contributed by atoms with Crippen molar-refractivity contribution in [1.29, 1.82) is 0 Å². The predicted octanol–water partition coefficient (Wildman–Crippen LogP) is 4.79. The molecule has 5 heteroatoms. The van der Waals surface area contributed by atoms with Gasteiger partial charge in [0.05, 0.1) is 5.02 Å². The fourth-order valence-electron chi connectivity index (χ4n) is 1.63. The standard InChI is InChI=1S/C15H16BrClN2O/c1-10(2)19-9-11-4-3-7-18-15(11)20-14-6-5-12(16)8-13(14)17/h3-8,10,19H,9H2,1-2H3. The molecular weight excluding hydrogens is 340 g/mol. The lowest BCUT2D eigenvalue weighted by atomic mass is 10.2. The number of aromatic nitrogens is 1. The number of benzene rings is 1. The third kappa shape index (κ3) is 4.20. The molecule has 0 saturated heterocycles. The molecule has 1 N–H and O–H groups in total. The zero-order valence-electron chi connectivity index (χ0n) is 11.4. The molecule has 3 nitrogen and oxygen atoms in total. The van der Waals surface area contributed by atoms with Crippen LogP contribution in [0.4, 0.5) is 0 Å². The van der Waals surface area contributed by atoms with Crippen LogP contribution in [0.5, 0.6) is 11.6 Å².